The Morgan fingerprint density at radius 3 is 2.46 bits per heavy atom. The molecule has 0 amide bonds. The van der Waals surface area contributed by atoms with Gasteiger partial charge in [-0.3, -0.25) is 9.36 Å². The van der Waals surface area contributed by atoms with E-state index >= 15 is 0 Å². The number of rotatable bonds is 6. The Bertz CT molecular complexity index is 1130. The van der Waals surface area contributed by atoms with Crippen molar-refractivity contribution in [1.29, 1.82) is 0 Å². The van der Waals surface area contributed by atoms with E-state index in [2.05, 4.69) is 4.98 Å². The molecule has 0 radical (unpaired) electrons. The highest BCUT2D eigenvalue weighted by Gasteiger charge is 2.17. The zero-order valence-electron chi connectivity index (χ0n) is 15.7. The molecule has 1 unspecified atom stereocenters. The Morgan fingerprint density at radius 1 is 1.07 bits per heavy atom. The van der Waals surface area contributed by atoms with Crippen molar-refractivity contribution < 1.29 is 5.11 Å². The van der Waals surface area contributed by atoms with Gasteiger partial charge in [0.25, 0.3) is 5.56 Å². The van der Waals surface area contributed by atoms with Gasteiger partial charge in [0.15, 0.2) is 0 Å². The van der Waals surface area contributed by atoms with Gasteiger partial charge in [-0.15, -0.1) is 11.3 Å². The van der Waals surface area contributed by atoms with Crippen molar-refractivity contribution in [1.82, 2.24) is 9.55 Å². The van der Waals surface area contributed by atoms with Crippen LogP contribution in [0, 0.1) is 6.92 Å². The summed E-state index contributed by atoms with van der Waals surface area (Å²) in [5.41, 5.74) is 3.06. The highest BCUT2D eigenvalue weighted by atomic mass is 32.1. The molecular weight excluding hydrogens is 368 g/mol. The van der Waals surface area contributed by atoms with E-state index in [-0.39, 0.29) is 12.1 Å². The van der Waals surface area contributed by atoms with Crippen LogP contribution in [0.5, 0.6) is 0 Å². The molecule has 4 aromatic rings. The summed E-state index contributed by atoms with van der Waals surface area (Å²) in [6.45, 7) is 2.27. The minimum absolute atomic E-state index is 0.0908. The Kier molecular flexibility index (Phi) is 5.37. The third-order valence-corrected chi connectivity index (χ3v) is 5.95. The SMILES string of the molecule is Cc1sc2ncn(CC(O)CCc3ccccc3)c(=O)c2c1-c1ccccc1. The maximum atomic E-state index is 13.2. The first kappa shape index (κ1) is 18.6. The standard InChI is InChI=1S/C23H22N2O2S/c1-16-20(18-10-6-3-7-11-18)21-22(28-16)24-15-25(23(21)27)14-19(26)13-12-17-8-4-2-5-9-17/h2-11,15,19,26H,12-14H2,1H3. The van der Waals surface area contributed by atoms with Gasteiger partial charge in [0.05, 0.1) is 24.4 Å². The van der Waals surface area contributed by atoms with E-state index in [1.165, 1.54) is 21.5 Å². The van der Waals surface area contributed by atoms with Gasteiger partial charge in [0.2, 0.25) is 0 Å². The molecule has 4 rings (SSSR count). The Labute approximate surface area is 167 Å². The lowest BCUT2D eigenvalue weighted by atomic mass is 10.0. The number of hydrogen-bond acceptors (Lipinski definition) is 4. The van der Waals surface area contributed by atoms with Gasteiger partial charge in [-0.05, 0) is 30.9 Å². The number of aliphatic hydroxyl groups excluding tert-OH is 1. The van der Waals surface area contributed by atoms with Gasteiger partial charge in [-0.25, -0.2) is 4.98 Å². The monoisotopic (exact) mass is 390 g/mol. The summed E-state index contributed by atoms with van der Waals surface area (Å²) in [6, 6.07) is 20.0. The van der Waals surface area contributed by atoms with Crippen molar-refractivity contribution in [2.75, 3.05) is 0 Å². The summed E-state index contributed by atoms with van der Waals surface area (Å²) in [4.78, 5) is 19.5. The number of aryl methyl sites for hydroxylation is 2. The summed E-state index contributed by atoms with van der Waals surface area (Å²) >= 11 is 1.54. The van der Waals surface area contributed by atoms with Gasteiger partial charge in [-0.2, -0.15) is 0 Å². The molecule has 142 valence electrons. The average Bonchev–Trinajstić information content (AvgIpc) is 3.07. The van der Waals surface area contributed by atoms with Crippen molar-refractivity contribution in [2.45, 2.75) is 32.4 Å². The number of aliphatic hydroxyl groups is 1. The topological polar surface area (TPSA) is 55.1 Å². The predicted molar refractivity (Wildman–Crippen MR) is 115 cm³/mol. The first-order valence-electron chi connectivity index (χ1n) is 9.39. The van der Waals surface area contributed by atoms with E-state index in [9.17, 15) is 9.90 Å². The molecule has 2 aromatic heterocycles. The van der Waals surface area contributed by atoms with Crippen molar-refractivity contribution in [3.05, 3.63) is 87.8 Å². The van der Waals surface area contributed by atoms with Crippen molar-refractivity contribution in [3.8, 4) is 11.1 Å². The summed E-state index contributed by atoms with van der Waals surface area (Å²) in [7, 11) is 0. The highest BCUT2D eigenvalue weighted by Crippen LogP contribution is 2.35. The quantitative estimate of drug-likeness (QED) is 0.530. The average molecular weight is 391 g/mol. The second-order valence-corrected chi connectivity index (χ2v) is 8.16. The Hall–Kier alpha value is -2.76. The first-order chi connectivity index (χ1) is 13.6. The van der Waals surface area contributed by atoms with Crippen LogP contribution in [0.4, 0.5) is 0 Å². The highest BCUT2D eigenvalue weighted by molar-refractivity contribution is 7.19. The minimum atomic E-state index is -0.600. The predicted octanol–water partition coefficient (Wildman–Crippen LogP) is 4.43. The van der Waals surface area contributed by atoms with Crippen LogP contribution in [0.3, 0.4) is 0 Å². The molecule has 0 fully saturated rings. The fraction of sp³-hybridized carbons (Fsp3) is 0.217. The number of thiophene rings is 1. The number of hydrogen-bond donors (Lipinski definition) is 1. The maximum Gasteiger partial charge on any atom is 0.262 e. The molecule has 0 bridgehead atoms. The normalized spacial score (nSPS) is 12.4. The largest absolute Gasteiger partial charge is 0.391 e. The molecule has 0 saturated carbocycles. The van der Waals surface area contributed by atoms with Crippen molar-refractivity contribution >= 4 is 21.6 Å². The molecule has 2 heterocycles. The maximum absolute atomic E-state index is 13.2. The molecule has 28 heavy (non-hydrogen) atoms. The van der Waals surface area contributed by atoms with Gasteiger partial charge in [0.1, 0.15) is 4.83 Å². The molecule has 2 aromatic carbocycles. The van der Waals surface area contributed by atoms with Gasteiger partial charge < -0.3 is 5.11 Å². The van der Waals surface area contributed by atoms with Crippen LogP contribution in [0.1, 0.15) is 16.9 Å². The zero-order valence-corrected chi connectivity index (χ0v) is 16.5. The molecule has 0 aliphatic heterocycles. The lowest BCUT2D eigenvalue weighted by Gasteiger charge is -2.13. The molecule has 0 spiro atoms. The molecular formula is C23H22N2O2S. The van der Waals surface area contributed by atoms with Crippen LogP contribution in [-0.4, -0.2) is 20.8 Å². The van der Waals surface area contributed by atoms with Crippen LogP contribution < -0.4 is 5.56 Å². The molecule has 1 N–H and O–H groups in total. The van der Waals surface area contributed by atoms with Crippen LogP contribution in [0.15, 0.2) is 71.8 Å². The molecule has 1 atom stereocenters. The number of fused-ring (bicyclic) bond motifs is 1. The second kappa shape index (κ2) is 8.09. The number of aromatic nitrogens is 2. The summed E-state index contributed by atoms with van der Waals surface area (Å²) in [6.07, 6.45) is 2.33. The minimum Gasteiger partial charge on any atom is -0.391 e. The summed E-state index contributed by atoms with van der Waals surface area (Å²) < 4.78 is 1.54. The van der Waals surface area contributed by atoms with Gasteiger partial charge in [-0.1, -0.05) is 60.7 Å². The van der Waals surface area contributed by atoms with Crippen LogP contribution in [-0.2, 0) is 13.0 Å². The van der Waals surface area contributed by atoms with E-state index in [0.29, 0.717) is 11.8 Å². The fourth-order valence-corrected chi connectivity index (χ4v) is 4.52. The zero-order chi connectivity index (χ0) is 19.5. The van der Waals surface area contributed by atoms with E-state index in [0.717, 1.165) is 27.3 Å². The number of benzene rings is 2. The van der Waals surface area contributed by atoms with E-state index in [1.54, 1.807) is 6.33 Å². The van der Waals surface area contributed by atoms with Crippen LogP contribution in [0.25, 0.3) is 21.3 Å². The smallest absolute Gasteiger partial charge is 0.262 e. The number of nitrogens with zero attached hydrogens (tertiary/aromatic N) is 2. The van der Waals surface area contributed by atoms with Crippen LogP contribution in [0.2, 0.25) is 0 Å². The third kappa shape index (κ3) is 3.77. The van der Waals surface area contributed by atoms with Crippen molar-refractivity contribution in [2.24, 2.45) is 0 Å². The van der Waals surface area contributed by atoms with Gasteiger partial charge in [0, 0.05) is 10.4 Å². The molecule has 0 aliphatic rings. The summed E-state index contributed by atoms with van der Waals surface area (Å²) in [5, 5.41) is 11.1. The second-order valence-electron chi connectivity index (χ2n) is 6.96. The van der Waals surface area contributed by atoms with Gasteiger partial charge >= 0.3 is 0 Å². The third-order valence-electron chi connectivity index (χ3n) is 4.93. The molecule has 0 saturated heterocycles. The summed E-state index contributed by atoms with van der Waals surface area (Å²) in [5.74, 6) is 0. The van der Waals surface area contributed by atoms with E-state index in [4.69, 9.17) is 0 Å². The Morgan fingerprint density at radius 2 is 1.75 bits per heavy atom. The lowest BCUT2D eigenvalue weighted by molar-refractivity contribution is 0.143. The van der Waals surface area contributed by atoms with E-state index in [1.807, 2.05) is 67.6 Å². The molecule has 0 aliphatic carbocycles. The van der Waals surface area contributed by atoms with E-state index < -0.39 is 6.10 Å². The Balaban J connectivity index is 1.62. The lowest BCUT2D eigenvalue weighted by Crippen LogP contribution is -2.27. The van der Waals surface area contributed by atoms with Crippen LogP contribution >= 0.6 is 11.3 Å². The molecule has 4 nitrogen and oxygen atoms in total. The molecule has 5 heteroatoms. The van der Waals surface area contributed by atoms with Crippen molar-refractivity contribution in [3.63, 3.8) is 0 Å². The first-order valence-corrected chi connectivity index (χ1v) is 10.2. The fourth-order valence-electron chi connectivity index (χ4n) is 3.52.